The first-order valence-corrected chi connectivity index (χ1v) is 8.23. The highest BCUT2D eigenvalue weighted by molar-refractivity contribution is 7.10. The Hall–Kier alpha value is -0.870. The minimum Gasteiger partial charge on any atom is -0.348 e. The van der Waals surface area contributed by atoms with Crippen LogP contribution < -0.4 is 10.6 Å². The van der Waals surface area contributed by atoms with Crippen molar-refractivity contribution in [2.24, 2.45) is 0 Å². The maximum atomic E-state index is 12.0. The predicted molar refractivity (Wildman–Crippen MR) is 80.4 cm³/mol. The first-order chi connectivity index (χ1) is 9.29. The lowest BCUT2D eigenvalue weighted by Crippen LogP contribution is -2.35. The van der Waals surface area contributed by atoms with Gasteiger partial charge in [0.2, 0.25) is 5.91 Å². The molecule has 1 aliphatic rings. The summed E-state index contributed by atoms with van der Waals surface area (Å²) in [5.74, 6) is 0.188. The number of amides is 1. The molecule has 0 aromatic carbocycles. The Kier molecular flexibility index (Phi) is 5.86. The van der Waals surface area contributed by atoms with Crippen molar-refractivity contribution in [3.63, 3.8) is 0 Å². The molecule has 1 amide bonds. The Morgan fingerprint density at radius 3 is 3.11 bits per heavy atom. The smallest absolute Gasteiger partial charge is 0.220 e. The first kappa shape index (κ1) is 14.5. The fourth-order valence-electron chi connectivity index (χ4n) is 2.61. The average molecular weight is 280 g/mol. The van der Waals surface area contributed by atoms with Crippen LogP contribution in [0.2, 0.25) is 0 Å². The molecule has 1 fully saturated rings. The van der Waals surface area contributed by atoms with E-state index in [1.165, 1.54) is 24.1 Å². The van der Waals surface area contributed by atoms with Crippen molar-refractivity contribution >= 4 is 17.2 Å². The molecule has 2 unspecified atom stereocenters. The van der Waals surface area contributed by atoms with Crippen LogP contribution in [0, 0.1) is 0 Å². The van der Waals surface area contributed by atoms with Crippen molar-refractivity contribution in [1.82, 2.24) is 10.6 Å². The van der Waals surface area contributed by atoms with Gasteiger partial charge in [-0.2, -0.15) is 0 Å². The quantitative estimate of drug-likeness (QED) is 0.840. The van der Waals surface area contributed by atoms with Crippen molar-refractivity contribution in [3.8, 4) is 0 Å². The van der Waals surface area contributed by atoms with Crippen LogP contribution in [0.25, 0.3) is 0 Å². The maximum absolute atomic E-state index is 12.0. The second-order valence-corrected chi connectivity index (χ2v) is 6.21. The zero-order valence-corrected chi connectivity index (χ0v) is 12.5. The van der Waals surface area contributed by atoms with Gasteiger partial charge in [0.15, 0.2) is 0 Å². The van der Waals surface area contributed by atoms with E-state index in [-0.39, 0.29) is 11.9 Å². The molecule has 1 aromatic heterocycles. The summed E-state index contributed by atoms with van der Waals surface area (Å²) in [6.07, 6.45) is 6.35. The van der Waals surface area contributed by atoms with Crippen LogP contribution in [0.3, 0.4) is 0 Å². The van der Waals surface area contributed by atoms with Gasteiger partial charge in [0.25, 0.3) is 0 Å². The van der Waals surface area contributed by atoms with Gasteiger partial charge in [0, 0.05) is 17.3 Å². The Morgan fingerprint density at radius 1 is 1.58 bits per heavy atom. The van der Waals surface area contributed by atoms with Crippen molar-refractivity contribution < 1.29 is 4.79 Å². The molecule has 2 N–H and O–H groups in total. The minimum absolute atomic E-state index is 0.187. The molecule has 2 rings (SSSR count). The predicted octanol–water partition coefficient (Wildman–Crippen LogP) is 3.24. The summed E-state index contributed by atoms with van der Waals surface area (Å²) in [5, 5.41) is 8.71. The van der Waals surface area contributed by atoms with Crippen LogP contribution in [0.5, 0.6) is 0 Å². The molecule has 0 aliphatic carbocycles. The number of thiophene rings is 1. The molecule has 19 heavy (non-hydrogen) atoms. The SMILES string of the molecule is CCC(NC(=O)CCC1CCCCN1)c1cccs1. The van der Waals surface area contributed by atoms with Gasteiger partial charge in [-0.3, -0.25) is 4.79 Å². The molecule has 0 radical (unpaired) electrons. The van der Waals surface area contributed by atoms with Crippen LogP contribution in [-0.4, -0.2) is 18.5 Å². The summed E-state index contributed by atoms with van der Waals surface area (Å²) in [6, 6.07) is 4.87. The molecule has 4 heteroatoms. The molecule has 106 valence electrons. The average Bonchev–Trinajstić information content (AvgIpc) is 2.97. The van der Waals surface area contributed by atoms with Gasteiger partial charge in [-0.1, -0.05) is 19.4 Å². The number of piperidine rings is 1. The Bertz CT molecular complexity index is 372. The van der Waals surface area contributed by atoms with E-state index in [1.54, 1.807) is 11.3 Å². The monoisotopic (exact) mass is 280 g/mol. The minimum atomic E-state index is 0.187. The van der Waals surface area contributed by atoms with Gasteiger partial charge in [0.1, 0.15) is 0 Å². The number of nitrogens with one attached hydrogen (secondary N) is 2. The van der Waals surface area contributed by atoms with Gasteiger partial charge in [-0.15, -0.1) is 11.3 Å². The summed E-state index contributed by atoms with van der Waals surface area (Å²) in [4.78, 5) is 13.3. The lowest BCUT2D eigenvalue weighted by molar-refractivity contribution is -0.122. The molecule has 1 aliphatic heterocycles. The third kappa shape index (κ3) is 4.62. The lowest BCUT2D eigenvalue weighted by Gasteiger charge is -2.23. The van der Waals surface area contributed by atoms with Gasteiger partial charge < -0.3 is 10.6 Å². The third-order valence-electron chi connectivity index (χ3n) is 3.76. The van der Waals surface area contributed by atoms with Crippen molar-refractivity contribution in [2.45, 2.75) is 57.5 Å². The van der Waals surface area contributed by atoms with Crippen LogP contribution in [-0.2, 0) is 4.79 Å². The van der Waals surface area contributed by atoms with Gasteiger partial charge in [0.05, 0.1) is 6.04 Å². The standard InChI is InChI=1S/C15H24N2OS/c1-2-13(14-7-5-11-19-14)17-15(18)9-8-12-6-3-4-10-16-12/h5,7,11-13,16H,2-4,6,8-10H2,1H3,(H,17,18). The molecule has 3 nitrogen and oxygen atoms in total. The Balaban J connectivity index is 1.73. The van der Waals surface area contributed by atoms with Crippen LogP contribution >= 0.6 is 11.3 Å². The number of hydrogen-bond acceptors (Lipinski definition) is 3. The normalized spacial score (nSPS) is 21.0. The fourth-order valence-corrected chi connectivity index (χ4v) is 3.47. The van der Waals surface area contributed by atoms with Gasteiger partial charge in [-0.05, 0) is 43.7 Å². The molecule has 0 bridgehead atoms. The molecule has 2 atom stereocenters. The second kappa shape index (κ2) is 7.65. The molecule has 2 heterocycles. The molecule has 1 saturated heterocycles. The Morgan fingerprint density at radius 2 is 2.47 bits per heavy atom. The van der Waals surface area contributed by atoms with E-state index in [2.05, 4.69) is 29.0 Å². The van der Waals surface area contributed by atoms with E-state index in [1.807, 2.05) is 6.07 Å². The third-order valence-corrected chi connectivity index (χ3v) is 4.75. The van der Waals surface area contributed by atoms with E-state index in [0.29, 0.717) is 12.5 Å². The van der Waals surface area contributed by atoms with E-state index in [9.17, 15) is 4.79 Å². The number of carbonyl (C=O) groups is 1. The highest BCUT2D eigenvalue weighted by Crippen LogP contribution is 2.22. The summed E-state index contributed by atoms with van der Waals surface area (Å²) < 4.78 is 0. The molecule has 0 saturated carbocycles. The molecular weight excluding hydrogens is 256 g/mol. The van der Waals surface area contributed by atoms with Crippen molar-refractivity contribution in [2.75, 3.05) is 6.54 Å². The van der Waals surface area contributed by atoms with Crippen LogP contribution in [0.1, 0.15) is 56.4 Å². The topological polar surface area (TPSA) is 41.1 Å². The first-order valence-electron chi connectivity index (χ1n) is 7.35. The number of carbonyl (C=O) groups excluding carboxylic acids is 1. The van der Waals surface area contributed by atoms with E-state index < -0.39 is 0 Å². The highest BCUT2D eigenvalue weighted by Gasteiger charge is 2.16. The van der Waals surface area contributed by atoms with Crippen LogP contribution in [0.4, 0.5) is 0 Å². The molecule has 1 aromatic rings. The molecular formula is C15H24N2OS. The fraction of sp³-hybridized carbons (Fsp3) is 0.667. The summed E-state index contributed by atoms with van der Waals surface area (Å²) >= 11 is 1.72. The second-order valence-electron chi connectivity index (χ2n) is 5.23. The molecule has 0 spiro atoms. The summed E-state index contributed by atoms with van der Waals surface area (Å²) in [6.45, 7) is 3.23. The van der Waals surface area contributed by atoms with Crippen LogP contribution in [0.15, 0.2) is 17.5 Å². The summed E-state index contributed by atoms with van der Waals surface area (Å²) in [7, 11) is 0. The van der Waals surface area contributed by atoms with Gasteiger partial charge in [-0.25, -0.2) is 0 Å². The van der Waals surface area contributed by atoms with E-state index >= 15 is 0 Å². The van der Waals surface area contributed by atoms with Crippen molar-refractivity contribution in [3.05, 3.63) is 22.4 Å². The zero-order valence-electron chi connectivity index (χ0n) is 11.7. The Labute approximate surface area is 119 Å². The number of rotatable bonds is 6. The van der Waals surface area contributed by atoms with E-state index in [0.717, 1.165) is 19.4 Å². The van der Waals surface area contributed by atoms with Crippen molar-refractivity contribution in [1.29, 1.82) is 0 Å². The van der Waals surface area contributed by atoms with E-state index in [4.69, 9.17) is 0 Å². The summed E-state index contributed by atoms with van der Waals surface area (Å²) in [5.41, 5.74) is 0. The highest BCUT2D eigenvalue weighted by atomic mass is 32.1. The number of hydrogen-bond donors (Lipinski definition) is 2. The zero-order chi connectivity index (χ0) is 13.5. The lowest BCUT2D eigenvalue weighted by atomic mass is 10.0. The van der Waals surface area contributed by atoms with Gasteiger partial charge >= 0.3 is 0 Å². The maximum Gasteiger partial charge on any atom is 0.220 e. The largest absolute Gasteiger partial charge is 0.348 e.